The van der Waals surface area contributed by atoms with Crippen LogP contribution in [0.25, 0.3) is 0 Å². The highest BCUT2D eigenvalue weighted by atomic mass is 19.1. The number of hydrogen-bond donors (Lipinski definition) is 1. The summed E-state index contributed by atoms with van der Waals surface area (Å²) in [5.74, 6) is -0.175. The van der Waals surface area contributed by atoms with E-state index in [2.05, 4.69) is 23.5 Å². The highest BCUT2D eigenvalue weighted by molar-refractivity contribution is 5.17. The van der Waals surface area contributed by atoms with Gasteiger partial charge in [0.05, 0.1) is 6.20 Å². The van der Waals surface area contributed by atoms with Gasteiger partial charge in [-0.1, -0.05) is 12.1 Å². The van der Waals surface area contributed by atoms with Gasteiger partial charge < -0.3 is 5.32 Å². The predicted octanol–water partition coefficient (Wildman–Crippen LogP) is 2.71. The van der Waals surface area contributed by atoms with Crippen LogP contribution in [0.4, 0.5) is 4.39 Å². The number of nitrogens with one attached hydrogen (secondary N) is 1. The Morgan fingerprint density at radius 2 is 2.00 bits per heavy atom. The van der Waals surface area contributed by atoms with Gasteiger partial charge in [0.15, 0.2) is 0 Å². The summed E-state index contributed by atoms with van der Waals surface area (Å²) in [6.07, 6.45) is 7.04. The maximum atomic E-state index is 12.8. The van der Waals surface area contributed by atoms with Crippen LogP contribution in [0.2, 0.25) is 0 Å². The number of nitrogens with zero attached hydrogens (tertiary/aromatic N) is 2. The van der Waals surface area contributed by atoms with Crippen LogP contribution >= 0.6 is 0 Å². The molecular weight excluding hydrogens is 253 g/mol. The molecule has 1 heterocycles. The fraction of sp³-hybridized carbons (Fsp3) is 0.438. The molecule has 0 amide bonds. The van der Waals surface area contributed by atoms with Gasteiger partial charge >= 0.3 is 0 Å². The van der Waals surface area contributed by atoms with Gasteiger partial charge in [-0.05, 0) is 56.0 Å². The summed E-state index contributed by atoms with van der Waals surface area (Å²) in [6.45, 7) is 3.14. The van der Waals surface area contributed by atoms with Gasteiger partial charge in [0.25, 0.3) is 0 Å². The quantitative estimate of drug-likeness (QED) is 0.787. The summed E-state index contributed by atoms with van der Waals surface area (Å²) >= 11 is 0. The molecule has 0 radical (unpaired) electrons. The van der Waals surface area contributed by atoms with Gasteiger partial charge in [0.2, 0.25) is 0 Å². The first-order valence-electron chi connectivity index (χ1n) is 7.09. The summed E-state index contributed by atoms with van der Waals surface area (Å²) in [6, 6.07) is 7.13. The molecule has 1 aromatic carbocycles. The largest absolute Gasteiger partial charge is 0.314 e. The smallest absolute Gasteiger partial charge is 0.123 e. The van der Waals surface area contributed by atoms with E-state index in [0.29, 0.717) is 6.04 Å². The standard InChI is InChI=1S/C16H22FN3/c1-13(10-14-5-7-16(17)8-6-14)18-9-3-4-15-11-19-20(2)12-15/h5-8,11-13,18H,3-4,9-10H2,1-2H3. The third-order valence-electron chi connectivity index (χ3n) is 3.35. The van der Waals surface area contributed by atoms with Crippen LogP contribution < -0.4 is 5.32 Å². The second kappa shape index (κ2) is 7.20. The summed E-state index contributed by atoms with van der Waals surface area (Å²) in [5, 5.41) is 7.66. The lowest BCUT2D eigenvalue weighted by Crippen LogP contribution is -2.29. The fourth-order valence-corrected chi connectivity index (χ4v) is 2.29. The summed E-state index contributed by atoms with van der Waals surface area (Å²) in [5.41, 5.74) is 2.44. The molecule has 2 rings (SSSR count). The zero-order valence-electron chi connectivity index (χ0n) is 12.1. The van der Waals surface area contributed by atoms with Crippen molar-refractivity contribution in [3.63, 3.8) is 0 Å². The van der Waals surface area contributed by atoms with Crippen LogP contribution in [0.3, 0.4) is 0 Å². The number of aromatic nitrogens is 2. The van der Waals surface area contributed by atoms with Crippen LogP contribution in [-0.2, 0) is 19.9 Å². The zero-order valence-corrected chi connectivity index (χ0v) is 12.1. The fourth-order valence-electron chi connectivity index (χ4n) is 2.29. The first-order valence-corrected chi connectivity index (χ1v) is 7.09. The Hall–Kier alpha value is -1.68. The Morgan fingerprint density at radius 1 is 1.25 bits per heavy atom. The summed E-state index contributed by atoms with van der Waals surface area (Å²) < 4.78 is 14.6. The highest BCUT2D eigenvalue weighted by Crippen LogP contribution is 2.06. The van der Waals surface area contributed by atoms with E-state index in [1.807, 2.05) is 30.1 Å². The third-order valence-corrected chi connectivity index (χ3v) is 3.35. The molecule has 0 aliphatic carbocycles. The van der Waals surface area contributed by atoms with Gasteiger partial charge in [0, 0.05) is 19.3 Å². The minimum Gasteiger partial charge on any atom is -0.314 e. The maximum absolute atomic E-state index is 12.8. The highest BCUT2D eigenvalue weighted by Gasteiger charge is 2.03. The van der Waals surface area contributed by atoms with Crippen molar-refractivity contribution in [1.29, 1.82) is 0 Å². The molecule has 0 aliphatic heterocycles. The first-order chi connectivity index (χ1) is 9.63. The van der Waals surface area contributed by atoms with Crippen molar-refractivity contribution in [3.8, 4) is 0 Å². The van der Waals surface area contributed by atoms with Crippen molar-refractivity contribution in [2.45, 2.75) is 32.2 Å². The molecule has 0 spiro atoms. The monoisotopic (exact) mass is 275 g/mol. The Bertz CT molecular complexity index is 519. The van der Waals surface area contributed by atoms with E-state index in [-0.39, 0.29) is 5.82 Å². The summed E-state index contributed by atoms with van der Waals surface area (Å²) in [7, 11) is 1.94. The van der Waals surface area contributed by atoms with Crippen molar-refractivity contribution < 1.29 is 4.39 Å². The first kappa shape index (κ1) is 14.7. The topological polar surface area (TPSA) is 29.9 Å². The summed E-state index contributed by atoms with van der Waals surface area (Å²) in [4.78, 5) is 0. The van der Waals surface area contributed by atoms with Crippen molar-refractivity contribution in [1.82, 2.24) is 15.1 Å². The molecular formula is C16H22FN3. The molecule has 0 saturated carbocycles. The molecule has 3 nitrogen and oxygen atoms in total. The van der Waals surface area contributed by atoms with Gasteiger partial charge in [-0.25, -0.2) is 4.39 Å². The Kier molecular flexibility index (Phi) is 5.30. The Morgan fingerprint density at radius 3 is 2.65 bits per heavy atom. The van der Waals surface area contributed by atoms with Gasteiger partial charge in [-0.2, -0.15) is 5.10 Å². The molecule has 2 aromatic rings. The van der Waals surface area contributed by atoms with E-state index in [0.717, 1.165) is 25.8 Å². The van der Waals surface area contributed by atoms with Gasteiger partial charge in [-0.3, -0.25) is 4.68 Å². The molecule has 4 heteroatoms. The average molecular weight is 275 g/mol. The minimum atomic E-state index is -0.175. The normalized spacial score (nSPS) is 12.6. The van der Waals surface area contributed by atoms with E-state index < -0.39 is 0 Å². The number of halogens is 1. The minimum absolute atomic E-state index is 0.175. The second-order valence-electron chi connectivity index (χ2n) is 5.31. The van der Waals surface area contributed by atoms with Crippen LogP contribution in [0, 0.1) is 5.82 Å². The molecule has 0 saturated heterocycles. The van der Waals surface area contributed by atoms with E-state index in [9.17, 15) is 4.39 Å². The molecule has 108 valence electrons. The molecule has 1 atom stereocenters. The van der Waals surface area contributed by atoms with Crippen molar-refractivity contribution in [2.24, 2.45) is 7.05 Å². The Balaban J connectivity index is 1.65. The molecule has 0 fully saturated rings. The molecule has 1 aromatic heterocycles. The predicted molar refractivity (Wildman–Crippen MR) is 79.1 cm³/mol. The van der Waals surface area contributed by atoms with Gasteiger partial charge in [-0.15, -0.1) is 0 Å². The molecule has 0 bridgehead atoms. The number of hydrogen-bond acceptors (Lipinski definition) is 2. The van der Waals surface area contributed by atoms with Crippen LogP contribution in [0.1, 0.15) is 24.5 Å². The molecule has 1 unspecified atom stereocenters. The van der Waals surface area contributed by atoms with Crippen LogP contribution in [-0.4, -0.2) is 22.4 Å². The Labute approximate surface area is 119 Å². The number of aryl methyl sites for hydroxylation is 2. The van der Waals surface area contributed by atoms with Crippen molar-refractivity contribution in [2.75, 3.05) is 6.54 Å². The molecule has 20 heavy (non-hydrogen) atoms. The van der Waals surface area contributed by atoms with E-state index in [1.165, 1.54) is 23.3 Å². The van der Waals surface area contributed by atoms with Gasteiger partial charge in [0.1, 0.15) is 5.82 Å². The maximum Gasteiger partial charge on any atom is 0.123 e. The second-order valence-corrected chi connectivity index (χ2v) is 5.31. The van der Waals surface area contributed by atoms with Crippen LogP contribution in [0.5, 0.6) is 0 Å². The van der Waals surface area contributed by atoms with E-state index >= 15 is 0 Å². The zero-order chi connectivity index (χ0) is 14.4. The lowest BCUT2D eigenvalue weighted by molar-refractivity contribution is 0.533. The lowest BCUT2D eigenvalue weighted by atomic mass is 10.1. The van der Waals surface area contributed by atoms with E-state index in [1.54, 1.807) is 0 Å². The number of benzene rings is 1. The lowest BCUT2D eigenvalue weighted by Gasteiger charge is -2.13. The molecule has 0 aliphatic rings. The number of rotatable bonds is 7. The third kappa shape index (κ3) is 4.78. The SMILES string of the molecule is CC(Cc1ccc(F)cc1)NCCCc1cnn(C)c1. The van der Waals surface area contributed by atoms with Crippen molar-refractivity contribution in [3.05, 3.63) is 53.6 Å². The molecule has 1 N–H and O–H groups in total. The van der Waals surface area contributed by atoms with E-state index in [4.69, 9.17) is 0 Å². The average Bonchev–Trinajstić information content (AvgIpc) is 2.83. The van der Waals surface area contributed by atoms with Crippen LogP contribution in [0.15, 0.2) is 36.7 Å². The van der Waals surface area contributed by atoms with Crippen molar-refractivity contribution >= 4 is 0 Å².